The molecule has 0 fully saturated rings. The minimum Gasteiger partial charge on any atom is -0.360 e. The number of hydrogen-bond acceptors (Lipinski definition) is 3. The van der Waals surface area contributed by atoms with E-state index < -0.39 is 0 Å². The van der Waals surface area contributed by atoms with Crippen molar-refractivity contribution < 1.29 is 4.79 Å². The molecule has 0 saturated carbocycles. The maximum absolute atomic E-state index is 12.3. The van der Waals surface area contributed by atoms with Crippen LogP contribution in [0.1, 0.15) is 17.5 Å². The second-order valence-electron chi connectivity index (χ2n) is 5.13. The zero-order valence-electron chi connectivity index (χ0n) is 11.7. The molecule has 3 heterocycles. The highest BCUT2D eigenvalue weighted by molar-refractivity contribution is 5.96. The van der Waals surface area contributed by atoms with Gasteiger partial charge in [-0.05, 0) is 13.0 Å². The Balaban J connectivity index is 1.87. The van der Waals surface area contributed by atoms with E-state index in [1.165, 1.54) is 0 Å². The molecule has 21 heavy (non-hydrogen) atoms. The highest BCUT2D eigenvalue weighted by Crippen LogP contribution is 2.28. The normalized spacial score (nSPS) is 14.7. The van der Waals surface area contributed by atoms with Crippen molar-refractivity contribution in [3.63, 3.8) is 0 Å². The number of aromatic nitrogens is 4. The van der Waals surface area contributed by atoms with Gasteiger partial charge in [-0.2, -0.15) is 0 Å². The van der Waals surface area contributed by atoms with E-state index in [9.17, 15) is 4.79 Å². The molecule has 1 aliphatic heterocycles. The van der Waals surface area contributed by atoms with Crippen LogP contribution < -0.4 is 0 Å². The summed E-state index contributed by atoms with van der Waals surface area (Å²) in [7, 11) is 0. The van der Waals surface area contributed by atoms with Gasteiger partial charge in [0.05, 0.1) is 0 Å². The Morgan fingerprint density at radius 3 is 2.86 bits per heavy atom. The van der Waals surface area contributed by atoms with Gasteiger partial charge in [-0.1, -0.05) is 18.2 Å². The monoisotopic (exact) mass is 281 g/mol. The van der Waals surface area contributed by atoms with Crippen molar-refractivity contribution in [2.75, 3.05) is 13.1 Å². The number of amides is 1. The molecule has 4 rings (SSSR count). The second-order valence-corrected chi connectivity index (χ2v) is 5.13. The molecular weight excluding hydrogens is 266 g/mol. The van der Waals surface area contributed by atoms with Crippen LogP contribution in [0.5, 0.6) is 0 Å². The Kier molecular flexibility index (Phi) is 2.57. The standard InChI is InChI=1S/C15H15N5O/c1-2-19-7-8-20-13(17-18-14(20)15(19)21)11-9-16-12-6-4-3-5-10(11)12/h3-6,9,16H,2,7-8H2,1H3. The molecule has 1 amide bonds. The van der Waals surface area contributed by atoms with Gasteiger partial charge >= 0.3 is 0 Å². The van der Waals surface area contributed by atoms with Crippen molar-refractivity contribution in [1.82, 2.24) is 24.6 Å². The molecule has 3 aromatic rings. The first-order valence-electron chi connectivity index (χ1n) is 7.08. The van der Waals surface area contributed by atoms with Crippen molar-refractivity contribution >= 4 is 16.8 Å². The Morgan fingerprint density at radius 1 is 1.19 bits per heavy atom. The summed E-state index contributed by atoms with van der Waals surface area (Å²) in [4.78, 5) is 17.3. The lowest BCUT2D eigenvalue weighted by Gasteiger charge is -2.26. The van der Waals surface area contributed by atoms with E-state index in [2.05, 4.69) is 15.2 Å². The van der Waals surface area contributed by atoms with E-state index in [1.54, 1.807) is 4.90 Å². The van der Waals surface area contributed by atoms with Gasteiger partial charge in [-0.3, -0.25) is 4.79 Å². The summed E-state index contributed by atoms with van der Waals surface area (Å²) in [5.74, 6) is 1.15. The molecule has 106 valence electrons. The van der Waals surface area contributed by atoms with Crippen LogP contribution in [0.3, 0.4) is 0 Å². The number of carbonyl (C=O) groups is 1. The average Bonchev–Trinajstić information content (AvgIpc) is 3.11. The quantitative estimate of drug-likeness (QED) is 0.780. The largest absolute Gasteiger partial charge is 0.360 e. The van der Waals surface area contributed by atoms with Gasteiger partial charge in [0, 0.05) is 42.3 Å². The number of H-pyrrole nitrogens is 1. The molecule has 1 aliphatic rings. The van der Waals surface area contributed by atoms with Crippen LogP contribution in [-0.4, -0.2) is 43.6 Å². The molecule has 2 aromatic heterocycles. The Morgan fingerprint density at radius 2 is 2.00 bits per heavy atom. The van der Waals surface area contributed by atoms with Crippen molar-refractivity contribution in [1.29, 1.82) is 0 Å². The van der Waals surface area contributed by atoms with Crippen molar-refractivity contribution in [3.05, 3.63) is 36.3 Å². The number of aromatic amines is 1. The molecule has 0 bridgehead atoms. The van der Waals surface area contributed by atoms with Crippen molar-refractivity contribution in [2.45, 2.75) is 13.5 Å². The minimum absolute atomic E-state index is 0.0395. The fourth-order valence-corrected chi connectivity index (χ4v) is 2.89. The highest BCUT2D eigenvalue weighted by Gasteiger charge is 2.28. The van der Waals surface area contributed by atoms with Crippen LogP contribution in [0.25, 0.3) is 22.3 Å². The number of nitrogens with one attached hydrogen (secondary N) is 1. The number of fused-ring (bicyclic) bond motifs is 2. The lowest BCUT2D eigenvalue weighted by atomic mass is 10.1. The van der Waals surface area contributed by atoms with Gasteiger partial charge in [0.25, 0.3) is 5.91 Å². The highest BCUT2D eigenvalue weighted by atomic mass is 16.2. The number of likely N-dealkylation sites (N-methyl/N-ethyl adjacent to an activating group) is 1. The van der Waals surface area contributed by atoms with Gasteiger partial charge in [-0.15, -0.1) is 10.2 Å². The summed E-state index contributed by atoms with van der Waals surface area (Å²) in [5, 5.41) is 9.46. The molecule has 0 radical (unpaired) electrons. The molecule has 1 N–H and O–H groups in total. The minimum atomic E-state index is -0.0395. The van der Waals surface area contributed by atoms with E-state index in [-0.39, 0.29) is 5.91 Å². The second kappa shape index (κ2) is 4.44. The Bertz CT molecular complexity index is 832. The van der Waals surface area contributed by atoms with Gasteiger partial charge in [0.15, 0.2) is 5.82 Å². The molecule has 0 unspecified atom stereocenters. The van der Waals surface area contributed by atoms with E-state index >= 15 is 0 Å². The van der Waals surface area contributed by atoms with Crippen LogP contribution in [0.15, 0.2) is 30.5 Å². The fourth-order valence-electron chi connectivity index (χ4n) is 2.89. The van der Waals surface area contributed by atoms with Crippen molar-refractivity contribution in [2.24, 2.45) is 0 Å². The zero-order chi connectivity index (χ0) is 14.4. The van der Waals surface area contributed by atoms with E-state index in [4.69, 9.17) is 0 Å². The van der Waals surface area contributed by atoms with Gasteiger partial charge < -0.3 is 14.5 Å². The van der Waals surface area contributed by atoms with Gasteiger partial charge in [-0.25, -0.2) is 0 Å². The molecule has 0 spiro atoms. The van der Waals surface area contributed by atoms with Crippen LogP contribution in [-0.2, 0) is 6.54 Å². The summed E-state index contributed by atoms with van der Waals surface area (Å²) in [5.41, 5.74) is 2.05. The number of benzene rings is 1. The van der Waals surface area contributed by atoms with Crippen LogP contribution in [0, 0.1) is 0 Å². The molecule has 1 aromatic carbocycles. The summed E-state index contributed by atoms with van der Waals surface area (Å²) < 4.78 is 1.92. The van der Waals surface area contributed by atoms with Crippen LogP contribution in [0.4, 0.5) is 0 Å². The first kappa shape index (κ1) is 12.1. The molecular formula is C15H15N5O. The van der Waals surface area contributed by atoms with E-state index in [0.29, 0.717) is 18.9 Å². The Hall–Kier alpha value is -2.63. The van der Waals surface area contributed by atoms with Gasteiger partial charge in [0.2, 0.25) is 5.82 Å². The molecule has 0 aliphatic carbocycles. The third kappa shape index (κ3) is 1.68. The summed E-state index contributed by atoms with van der Waals surface area (Å²) in [6.07, 6.45) is 1.93. The van der Waals surface area contributed by atoms with Crippen LogP contribution in [0.2, 0.25) is 0 Å². The third-order valence-electron chi connectivity index (χ3n) is 4.03. The summed E-state index contributed by atoms with van der Waals surface area (Å²) in [6.45, 7) is 4.12. The topological polar surface area (TPSA) is 66.8 Å². The summed E-state index contributed by atoms with van der Waals surface area (Å²) in [6, 6.07) is 8.06. The summed E-state index contributed by atoms with van der Waals surface area (Å²) >= 11 is 0. The SMILES string of the molecule is CCN1CCn2c(nnc2-c2c[nH]c3ccccc23)C1=O. The average molecular weight is 281 g/mol. The van der Waals surface area contributed by atoms with Gasteiger partial charge in [0.1, 0.15) is 0 Å². The maximum Gasteiger partial charge on any atom is 0.291 e. The first-order valence-corrected chi connectivity index (χ1v) is 7.08. The molecule has 6 nitrogen and oxygen atoms in total. The van der Waals surface area contributed by atoms with E-state index in [1.807, 2.05) is 42.0 Å². The molecule has 6 heteroatoms. The predicted octanol–water partition coefficient (Wildman–Crippen LogP) is 1.90. The zero-order valence-corrected chi connectivity index (χ0v) is 11.7. The number of nitrogens with zero attached hydrogens (tertiary/aromatic N) is 4. The predicted molar refractivity (Wildman–Crippen MR) is 78.9 cm³/mol. The fraction of sp³-hybridized carbons (Fsp3) is 0.267. The molecule has 0 saturated heterocycles. The Labute approximate surface area is 121 Å². The first-order chi connectivity index (χ1) is 10.3. The lowest BCUT2D eigenvalue weighted by molar-refractivity contribution is 0.0707. The lowest BCUT2D eigenvalue weighted by Crippen LogP contribution is -2.40. The number of para-hydroxylation sites is 1. The number of rotatable bonds is 2. The third-order valence-corrected chi connectivity index (χ3v) is 4.03. The number of carbonyl (C=O) groups excluding carboxylic acids is 1. The maximum atomic E-state index is 12.3. The van der Waals surface area contributed by atoms with Crippen molar-refractivity contribution in [3.8, 4) is 11.4 Å². The van der Waals surface area contributed by atoms with Crippen LogP contribution >= 0.6 is 0 Å². The number of hydrogen-bond donors (Lipinski definition) is 1. The molecule has 0 atom stereocenters. The van der Waals surface area contributed by atoms with E-state index in [0.717, 1.165) is 28.8 Å². The smallest absolute Gasteiger partial charge is 0.291 e.